The summed E-state index contributed by atoms with van der Waals surface area (Å²) in [4.78, 5) is 24.9. The number of rotatable bonds is 6. The quantitative estimate of drug-likeness (QED) is 0.557. The highest BCUT2D eigenvalue weighted by Crippen LogP contribution is 2.36. The molecule has 0 fully saturated rings. The van der Waals surface area contributed by atoms with Gasteiger partial charge in [-0.05, 0) is 23.7 Å². The van der Waals surface area contributed by atoms with Gasteiger partial charge in [0.05, 0.1) is 25.0 Å². The molecule has 0 bridgehead atoms. The van der Waals surface area contributed by atoms with E-state index in [0.717, 1.165) is 0 Å². The minimum absolute atomic E-state index is 0.0209. The van der Waals surface area contributed by atoms with Gasteiger partial charge < -0.3 is 9.47 Å². The Morgan fingerprint density at radius 3 is 1.41 bits per heavy atom. The molecular weight excluding hydrogens is 280 g/mol. The van der Waals surface area contributed by atoms with Crippen LogP contribution in [0.2, 0.25) is 0 Å². The molecule has 4 nitrogen and oxygen atoms in total. The Balaban J connectivity index is 2.85. The number of ether oxygens (including phenoxy) is 2. The average Bonchev–Trinajstić information content (AvgIpc) is 2.44. The lowest BCUT2D eigenvalue weighted by atomic mass is 9.71. The van der Waals surface area contributed by atoms with E-state index in [2.05, 4.69) is 0 Å². The van der Waals surface area contributed by atoms with Gasteiger partial charge in [-0.3, -0.25) is 9.59 Å². The Kier molecular flexibility index (Phi) is 7.11. The molecule has 0 aromatic rings. The Labute approximate surface area is 134 Å². The first kappa shape index (κ1) is 18.7. The third-order valence-electron chi connectivity index (χ3n) is 3.90. The molecule has 1 aliphatic rings. The number of carbonyl (C=O) groups is 2. The summed E-state index contributed by atoms with van der Waals surface area (Å²) in [5, 5.41) is 0. The second-order valence-electron chi connectivity index (χ2n) is 7.20. The van der Waals surface area contributed by atoms with Crippen LogP contribution in [0, 0.1) is 35.5 Å². The van der Waals surface area contributed by atoms with E-state index < -0.39 is 11.8 Å². The second-order valence-corrected chi connectivity index (χ2v) is 7.20. The van der Waals surface area contributed by atoms with Crippen LogP contribution in [0.15, 0.2) is 12.2 Å². The first-order chi connectivity index (χ1) is 10.2. The van der Waals surface area contributed by atoms with E-state index >= 15 is 0 Å². The molecule has 0 N–H and O–H groups in total. The third-order valence-corrected chi connectivity index (χ3v) is 3.90. The van der Waals surface area contributed by atoms with Crippen LogP contribution in [0.4, 0.5) is 0 Å². The lowest BCUT2D eigenvalue weighted by molar-refractivity contribution is -0.165. The number of allylic oxidation sites excluding steroid dienone is 2. The SMILES string of the molecule is CC(C)COC(=O)C1C(C)C=CC(C)C1C(=O)OCC(C)C. The van der Waals surface area contributed by atoms with E-state index in [-0.39, 0.29) is 35.6 Å². The summed E-state index contributed by atoms with van der Waals surface area (Å²) in [6.45, 7) is 12.6. The summed E-state index contributed by atoms with van der Waals surface area (Å²) >= 11 is 0. The maximum absolute atomic E-state index is 12.4. The van der Waals surface area contributed by atoms with E-state index in [1.807, 2.05) is 53.7 Å². The van der Waals surface area contributed by atoms with Gasteiger partial charge in [0.1, 0.15) is 0 Å². The van der Waals surface area contributed by atoms with Gasteiger partial charge in [-0.25, -0.2) is 0 Å². The Hall–Kier alpha value is -1.32. The van der Waals surface area contributed by atoms with Crippen LogP contribution in [0.25, 0.3) is 0 Å². The molecule has 0 aromatic carbocycles. The average molecular weight is 310 g/mol. The molecule has 0 spiro atoms. The largest absolute Gasteiger partial charge is 0.465 e. The minimum Gasteiger partial charge on any atom is -0.465 e. The van der Waals surface area contributed by atoms with Crippen LogP contribution in [0.5, 0.6) is 0 Å². The standard InChI is InChI=1S/C18H30O4/c1-11(2)9-21-17(19)15-13(5)7-8-14(6)16(15)18(20)22-10-12(3)4/h7-8,11-16H,9-10H2,1-6H3. The molecule has 22 heavy (non-hydrogen) atoms. The first-order valence-electron chi connectivity index (χ1n) is 8.25. The molecule has 4 unspecified atom stereocenters. The Morgan fingerprint density at radius 2 is 1.14 bits per heavy atom. The van der Waals surface area contributed by atoms with Crippen molar-refractivity contribution in [2.45, 2.75) is 41.5 Å². The van der Waals surface area contributed by atoms with E-state index in [1.54, 1.807) is 0 Å². The maximum atomic E-state index is 12.4. The number of esters is 2. The predicted octanol–water partition coefficient (Wildman–Crippen LogP) is 3.46. The van der Waals surface area contributed by atoms with Crippen molar-refractivity contribution in [3.8, 4) is 0 Å². The van der Waals surface area contributed by atoms with E-state index in [0.29, 0.717) is 13.2 Å². The molecule has 0 aromatic heterocycles. The van der Waals surface area contributed by atoms with Crippen LogP contribution < -0.4 is 0 Å². The highest BCUT2D eigenvalue weighted by molar-refractivity contribution is 5.83. The van der Waals surface area contributed by atoms with Crippen molar-refractivity contribution in [2.24, 2.45) is 35.5 Å². The fourth-order valence-electron chi connectivity index (χ4n) is 2.66. The van der Waals surface area contributed by atoms with Crippen LogP contribution in [-0.2, 0) is 19.1 Å². The number of hydrogen-bond acceptors (Lipinski definition) is 4. The van der Waals surface area contributed by atoms with Crippen molar-refractivity contribution < 1.29 is 19.1 Å². The van der Waals surface area contributed by atoms with Crippen molar-refractivity contribution in [2.75, 3.05) is 13.2 Å². The molecule has 0 radical (unpaired) electrons. The number of carbonyl (C=O) groups excluding carboxylic acids is 2. The summed E-state index contributed by atoms with van der Waals surface area (Å²) in [6.07, 6.45) is 4.00. The van der Waals surface area contributed by atoms with E-state index in [4.69, 9.17) is 9.47 Å². The first-order valence-corrected chi connectivity index (χ1v) is 8.25. The molecule has 0 amide bonds. The summed E-state index contributed by atoms with van der Waals surface area (Å²) < 4.78 is 10.8. The van der Waals surface area contributed by atoms with E-state index in [1.165, 1.54) is 0 Å². The zero-order chi connectivity index (χ0) is 16.9. The molecule has 4 atom stereocenters. The van der Waals surface area contributed by atoms with Crippen LogP contribution >= 0.6 is 0 Å². The van der Waals surface area contributed by atoms with Crippen LogP contribution in [0.3, 0.4) is 0 Å². The minimum atomic E-state index is -0.460. The molecule has 4 heteroatoms. The summed E-state index contributed by atoms with van der Waals surface area (Å²) in [5.74, 6) is -0.978. The Morgan fingerprint density at radius 1 is 0.818 bits per heavy atom. The molecule has 0 saturated carbocycles. The van der Waals surface area contributed by atoms with Gasteiger partial charge in [0.15, 0.2) is 0 Å². The van der Waals surface area contributed by atoms with Crippen molar-refractivity contribution >= 4 is 11.9 Å². The number of hydrogen-bond donors (Lipinski definition) is 0. The maximum Gasteiger partial charge on any atom is 0.310 e. The molecule has 1 aliphatic carbocycles. The predicted molar refractivity (Wildman–Crippen MR) is 86.0 cm³/mol. The fraction of sp³-hybridized carbons (Fsp3) is 0.778. The molecule has 0 aliphatic heterocycles. The highest BCUT2D eigenvalue weighted by Gasteiger charge is 2.43. The van der Waals surface area contributed by atoms with Gasteiger partial charge in [0.2, 0.25) is 0 Å². The van der Waals surface area contributed by atoms with Gasteiger partial charge in [-0.2, -0.15) is 0 Å². The van der Waals surface area contributed by atoms with Gasteiger partial charge in [-0.15, -0.1) is 0 Å². The zero-order valence-electron chi connectivity index (χ0n) is 14.7. The van der Waals surface area contributed by atoms with E-state index in [9.17, 15) is 9.59 Å². The molecule has 126 valence electrons. The highest BCUT2D eigenvalue weighted by atomic mass is 16.5. The Bertz CT molecular complexity index is 373. The normalized spacial score (nSPS) is 28.0. The fourth-order valence-corrected chi connectivity index (χ4v) is 2.66. The van der Waals surface area contributed by atoms with Gasteiger partial charge in [-0.1, -0.05) is 53.7 Å². The van der Waals surface area contributed by atoms with Crippen molar-refractivity contribution in [1.82, 2.24) is 0 Å². The van der Waals surface area contributed by atoms with Crippen molar-refractivity contribution in [3.05, 3.63) is 12.2 Å². The van der Waals surface area contributed by atoms with Crippen molar-refractivity contribution in [1.29, 1.82) is 0 Å². The topological polar surface area (TPSA) is 52.6 Å². The smallest absolute Gasteiger partial charge is 0.310 e. The zero-order valence-corrected chi connectivity index (χ0v) is 14.7. The van der Waals surface area contributed by atoms with Crippen molar-refractivity contribution in [3.63, 3.8) is 0 Å². The molecule has 0 saturated heterocycles. The van der Waals surface area contributed by atoms with Gasteiger partial charge in [0, 0.05) is 0 Å². The van der Waals surface area contributed by atoms with Gasteiger partial charge in [0.25, 0.3) is 0 Å². The second kappa shape index (κ2) is 8.35. The summed E-state index contributed by atoms with van der Waals surface area (Å²) in [5.41, 5.74) is 0. The molecule has 0 heterocycles. The van der Waals surface area contributed by atoms with Crippen LogP contribution in [-0.4, -0.2) is 25.2 Å². The van der Waals surface area contributed by atoms with Crippen LogP contribution in [0.1, 0.15) is 41.5 Å². The third kappa shape index (κ3) is 5.15. The lowest BCUT2D eigenvalue weighted by Crippen LogP contribution is -2.42. The summed E-state index contributed by atoms with van der Waals surface area (Å²) in [6, 6.07) is 0. The lowest BCUT2D eigenvalue weighted by Gasteiger charge is -2.34. The summed E-state index contributed by atoms with van der Waals surface area (Å²) in [7, 11) is 0. The molecular formula is C18H30O4. The van der Waals surface area contributed by atoms with Gasteiger partial charge >= 0.3 is 11.9 Å². The molecule has 1 rings (SSSR count). The monoisotopic (exact) mass is 310 g/mol.